The number of carbonyl (C=O) groups excluding carboxylic acids is 1. The summed E-state index contributed by atoms with van der Waals surface area (Å²) in [6.07, 6.45) is 4.23. The molecule has 0 unspecified atom stereocenters. The Morgan fingerprint density at radius 2 is 2.22 bits per heavy atom. The fourth-order valence-corrected chi connectivity index (χ4v) is 4.01. The van der Waals surface area contributed by atoms with E-state index < -0.39 is 5.97 Å². The quantitative estimate of drug-likeness (QED) is 0.875. The summed E-state index contributed by atoms with van der Waals surface area (Å²) in [5, 5.41) is 9.30. The maximum atomic E-state index is 12.6. The lowest BCUT2D eigenvalue weighted by Gasteiger charge is -2.16. The molecule has 0 radical (unpaired) electrons. The van der Waals surface area contributed by atoms with Crippen LogP contribution in [0.2, 0.25) is 0 Å². The maximum absolute atomic E-state index is 12.6. The van der Waals surface area contributed by atoms with Crippen LogP contribution in [0.4, 0.5) is 0 Å². The van der Waals surface area contributed by atoms with Gasteiger partial charge in [0.25, 0.3) is 5.56 Å². The highest BCUT2D eigenvalue weighted by Gasteiger charge is 2.22. The van der Waals surface area contributed by atoms with Gasteiger partial charge in [0.05, 0.1) is 18.1 Å². The molecule has 23 heavy (non-hydrogen) atoms. The predicted octanol–water partition coefficient (Wildman–Crippen LogP) is 0.880. The molecule has 0 saturated heterocycles. The van der Waals surface area contributed by atoms with Crippen molar-refractivity contribution in [3.8, 4) is 0 Å². The Morgan fingerprint density at radius 1 is 1.43 bits per heavy atom. The second-order valence-corrected chi connectivity index (χ2v) is 6.76. The molecule has 1 aliphatic rings. The Kier molecular flexibility index (Phi) is 4.16. The Balaban J connectivity index is 1.83. The van der Waals surface area contributed by atoms with E-state index >= 15 is 0 Å². The van der Waals surface area contributed by atoms with Crippen molar-refractivity contribution in [2.24, 2.45) is 0 Å². The third-order valence-electron chi connectivity index (χ3n) is 4.08. The number of nitrogens with zero attached hydrogens (tertiary/aromatic N) is 3. The number of rotatable bonds is 5. The van der Waals surface area contributed by atoms with Gasteiger partial charge in [-0.2, -0.15) is 0 Å². The lowest BCUT2D eigenvalue weighted by Crippen LogP contribution is -2.35. The van der Waals surface area contributed by atoms with Crippen LogP contribution in [0.3, 0.4) is 0 Å². The summed E-state index contributed by atoms with van der Waals surface area (Å²) >= 11 is 1.56. The summed E-state index contributed by atoms with van der Waals surface area (Å²) in [7, 11) is 1.53. The molecule has 0 bridgehead atoms. The van der Waals surface area contributed by atoms with Crippen LogP contribution in [0.1, 0.15) is 23.3 Å². The number of amides is 1. The average Bonchev–Trinajstić information content (AvgIpc) is 3.07. The third-order valence-corrected chi connectivity index (χ3v) is 5.28. The average molecular weight is 335 g/mol. The van der Waals surface area contributed by atoms with Crippen molar-refractivity contribution in [1.29, 1.82) is 0 Å². The van der Waals surface area contributed by atoms with Crippen LogP contribution in [-0.2, 0) is 29.0 Å². The molecule has 1 N–H and O–H groups in total. The van der Waals surface area contributed by atoms with Crippen LogP contribution in [-0.4, -0.2) is 45.0 Å². The van der Waals surface area contributed by atoms with E-state index in [0.29, 0.717) is 5.39 Å². The van der Waals surface area contributed by atoms with Gasteiger partial charge in [-0.15, -0.1) is 11.3 Å². The normalized spacial score (nSPS) is 13.3. The Bertz CT molecular complexity index is 839. The van der Waals surface area contributed by atoms with E-state index in [1.165, 1.54) is 27.7 Å². The first-order chi connectivity index (χ1) is 11.0. The monoisotopic (exact) mass is 335 g/mol. The van der Waals surface area contributed by atoms with Gasteiger partial charge in [0.15, 0.2) is 0 Å². The standard InChI is InChI=1S/C15H17N3O4S/c1-17(6-5-12(20)21)11(19)7-18-8-16-14-13(15(18)22)9-3-2-4-10(9)23-14/h8H,2-7H2,1H3,(H,20,21). The first-order valence-corrected chi connectivity index (χ1v) is 8.24. The van der Waals surface area contributed by atoms with Crippen LogP contribution in [0.15, 0.2) is 11.1 Å². The number of carbonyl (C=O) groups is 2. The van der Waals surface area contributed by atoms with Gasteiger partial charge in [-0.3, -0.25) is 19.0 Å². The number of carboxylic acid groups (broad SMARTS) is 1. The fraction of sp³-hybridized carbons (Fsp3) is 0.467. The van der Waals surface area contributed by atoms with Crippen molar-refractivity contribution in [2.45, 2.75) is 32.2 Å². The van der Waals surface area contributed by atoms with Crippen LogP contribution >= 0.6 is 11.3 Å². The summed E-state index contributed by atoms with van der Waals surface area (Å²) in [6.45, 7) is -0.00501. The van der Waals surface area contributed by atoms with Crippen molar-refractivity contribution in [2.75, 3.05) is 13.6 Å². The molecule has 7 nitrogen and oxygen atoms in total. The van der Waals surface area contributed by atoms with E-state index in [2.05, 4.69) is 4.98 Å². The number of hydrogen-bond donors (Lipinski definition) is 1. The fourth-order valence-electron chi connectivity index (χ4n) is 2.79. The first kappa shape index (κ1) is 15.7. The first-order valence-electron chi connectivity index (χ1n) is 7.43. The Morgan fingerprint density at radius 3 is 2.96 bits per heavy atom. The van der Waals surface area contributed by atoms with Crippen molar-refractivity contribution >= 4 is 33.4 Å². The third kappa shape index (κ3) is 2.98. The van der Waals surface area contributed by atoms with E-state index in [0.717, 1.165) is 29.7 Å². The number of hydrogen-bond acceptors (Lipinski definition) is 5. The lowest BCUT2D eigenvalue weighted by atomic mass is 10.2. The smallest absolute Gasteiger partial charge is 0.305 e. The molecule has 0 saturated carbocycles. The van der Waals surface area contributed by atoms with Crippen LogP contribution < -0.4 is 5.56 Å². The van der Waals surface area contributed by atoms with E-state index in [9.17, 15) is 14.4 Å². The van der Waals surface area contributed by atoms with Gasteiger partial charge in [0.2, 0.25) is 5.91 Å². The highest BCUT2D eigenvalue weighted by molar-refractivity contribution is 7.18. The summed E-state index contributed by atoms with van der Waals surface area (Å²) in [4.78, 5) is 42.9. The van der Waals surface area contributed by atoms with Crippen molar-refractivity contribution in [3.05, 3.63) is 27.1 Å². The van der Waals surface area contributed by atoms with E-state index in [-0.39, 0.29) is 31.0 Å². The topological polar surface area (TPSA) is 92.5 Å². The molecular weight excluding hydrogens is 318 g/mol. The highest BCUT2D eigenvalue weighted by Crippen LogP contribution is 2.34. The molecule has 122 valence electrons. The molecule has 2 aromatic rings. The minimum Gasteiger partial charge on any atom is -0.481 e. The summed E-state index contributed by atoms with van der Waals surface area (Å²) < 4.78 is 1.31. The van der Waals surface area contributed by atoms with Gasteiger partial charge in [0.1, 0.15) is 11.4 Å². The number of aromatic nitrogens is 2. The molecule has 0 aliphatic heterocycles. The van der Waals surface area contributed by atoms with Crippen molar-refractivity contribution < 1.29 is 14.7 Å². The molecule has 2 aromatic heterocycles. The van der Waals surface area contributed by atoms with E-state index in [4.69, 9.17) is 5.11 Å². The number of thiophene rings is 1. The van der Waals surface area contributed by atoms with E-state index in [1.807, 2.05) is 0 Å². The molecule has 0 aromatic carbocycles. The molecule has 0 atom stereocenters. The SMILES string of the molecule is CN(CCC(=O)O)C(=O)Cn1cnc2sc3c(c2c1=O)CCC3. The Hall–Kier alpha value is -2.22. The van der Waals surface area contributed by atoms with Crippen molar-refractivity contribution in [1.82, 2.24) is 14.5 Å². The van der Waals surface area contributed by atoms with Gasteiger partial charge >= 0.3 is 5.97 Å². The molecule has 2 heterocycles. The molecule has 3 rings (SSSR count). The molecular formula is C15H17N3O4S. The zero-order valence-electron chi connectivity index (χ0n) is 12.7. The molecule has 0 spiro atoms. The van der Waals surface area contributed by atoms with Gasteiger partial charge in [0, 0.05) is 18.5 Å². The largest absolute Gasteiger partial charge is 0.481 e. The molecule has 0 fully saturated rings. The van der Waals surface area contributed by atoms with Gasteiger partial charge in [-0.05, 0) is 24.8 Å². The molecule has 1 amide bonds. The number of likely N-dealkylation sites (N-methyl/N-ethyl adjacent to an activating group) is 1. The second kappa shape index (κ2) is 6.11. The van der Waals surface area contributed by atoms with E-state index in [1.54, 1.807) is 11.3 Å². The van der Waals surface area contributed by atoms with Gasteiger partial charge < -0.3 is 10.0 Å². The Labute approximate surface area is 136 Å². The maximum Gasteiger partial charge on any atom is 0.305 e. The second-order valence-electron chi connectivity index (χ2n) is 5.67. The number of fused-ring (bicyclic) bond motifs is 3. The molecule has 8 heteroatoms. The number of aliphatic carboxylic acids is 1. The highest BCUT2D eigenvalue weighted by atomic mass is 32.1. The summed E-state index contributed by atoms with van der Waals surface area (Å²) in [5.41, 5.74) is 0.901. The predicted molar refractivity (Wildman–Crippen MR) is 85.8 cm³/mol. The van der Waals surface area contributed by atoms with Gasteiger partial charge in [-0.25, -0.2) is 4.98 Å². The zero-order valence-corrected chi connectivity index (χ0v) is 13.6. The number of aryl methyl sites for hydroxylation is 2. The molecule has 1 aliphatic carbocycles. The van der Waals surface area contributed by atoms with Crippen LogP contribution in [0, 0.1) is 0 Å². The van der Waals surface area contributed by atoms with Crippen LogP contribution in [0.25, 0.3) is 10.2 Å². The van der Waals surface area contributed by atoms with Gasteiger partial charge in [-0.1, -0.05) is 0 Å². The summed E-state index contributed by atoms with van der Waals surface area (Å²) in [5.74, 6) is -1.26. The lowest BCUT2D eigenvalue weighted by molar-refractivity contribution is -0.138. The van der Waals surface area contributed by atoms with Crippen molar-refractivity contribution in [3.63, 3.8) is 0 Å². The zero-order chi connectivity index (χ0) is 16.6. The van der Waals surface area contributed by atoms with Crippen LogP contribution in [0.5, 0.6) is 0 Å². The minimum absolute atomic E-state index is 0.117. The minimum atomic E-state index is -0.960. The summed E-state index contributed by atoms with van der Waals surface area (Å²) in [6, 6.07) is 0. The number of carboxylic acids is 1.